The number of amides is 1. The lowest BCUT2D eigenvalue weighted by Crippen LogP contribution is -2.46. The van der Waals surface area contributed by atoms with Gasteiger partial charge in [-0.3, -0.25) is 4.79 Å². The monoisotopic (exact) mass is 363 g/mol. The summed E-state index contributed by atoms with van der Waals surface area (Å²) in [7, 11) is 1.71. The number of piperazine rings is 1. The Balaban J connectivity index is 0.000000487. The van der Waals surface area contributed by atoms with Crippen LogP contribution >= 0.6 is 0 Å². The minimum atomic E-state index is 0.0417. The minimum absolute atomic E-state index is 0.0417. The molecule has 2 N–H and O–H groups in total. The molecule has 0 radical (unpaired) electrons. The van der Waals surface area contributed by atoms with Gasteiger partial charge in [0, 0.05) is 39.4 Å². The second-order valence-electron chi connectivity index (χ2n) is 6.74. The van der Waals surface area contributed by atoms with E-state index in [0.29, 0.717) is 44.3 Å². The van der Waals surface area contributed by atoms with Crippen LogP contribution in [0.15, 0.2) is 6.07 Å². The number of aromatic nitrogens is 1. The Kier molecular flexibility index (Phi) is 8.13. The number of nitrogens with two attached hydrogens (primary N) is 1. The van der Waals surface area contributed by atoms with Gasteiger partial charge in [0.2, 0.25) is 12.3 Å². The first kappa shape index (κ1) is 21.5. The summed E-state index contributed by atoms with van der Waals surface area (Å²) in [6, 6.07) is 3.69. The molecule has 1 aliphatic heterocycles. The van der Waals surface area contributed by atoms with Gasteiger partial charge in [0.1, 0.15) is 17.5 Å². The fourth-order valence-corrected chi connectivity index (χ4v) is 2.10. The number of carbonyl (C=O) groups is 1. The van der Waals surface area contributed by atoms with Crippen molar-refractivity contribution in [2.24, 2.45) is 0 Å². The van der Waals surface area contributed by atoms with E-state index in [4.69, 9.17) is 20.5 Å². The van der Waals surface area contributed by atoms with Gasteiger partial charge in [0.25, 0.3) is 0 Å². The van der Waals surface area contributed by atoms with E-state index < -0.39 is 0 Å². The number of methoxy groups -OCH3 is 1. The van der Waals surface area contributed by atoms with Crippen LogP contribution in [-0.2, 0) is 9.53 Å². The molecule has 8 heteroatoms. The van der Waals surface area contributed by atoms with Crippen LogP contribution in [0.2, 0.25) is 0 Å². The average molecular weight is 363 g/mol. The highest BCUT2D eigenvalue weighted by molar-refractivity contribution is 5.65. The first-order valence-corrected chi connectivity index (χ1v) is 8.58. The van der Waals surface area contributed by atoms with Crippen molar-refractivity contribution in [2.45, 2.75) is 33.3 Å². The molecule has 1 aliphatic rings. The number of nitrogens with zero attached hydrogens (tertiary/aromatic N) is 4. The number of anilines is 2. The van der Waals surface area contributed by atoms with E-state index in [1.165, 1.54) is 0 Å². The predicted molar refractivity (Wildman–Crippen MR) is 101 cm³/mol. The quantitative estimate of drug-likeness (QED) is 0.811. The smallest absolute Gasteiger partial charge is 0.235 e. The molecule has 0 spiro atoms. The van der Waals surface area contributed by atoms with Crippen molar-refractivity contribution in [3.05, 3.63) is 11.6 Å². The lowest BCUT2D eigenvalue weighted by Gasteiger charge is -2.33. The molecule has 0 unspecified atom stereocenters. The molecule has 8 nitrogen and oxygen atoms in total. The number of hydrogen-bond donors (Lipinski definition) is 1. The number of nitriles is 1. The van der Waals surface area contributed by atoms with Crippen molar-refractivity contribution >= 4 is 17.9 Å². The molecule has 144 valence electrons. The van der Waals surface area contributed by atoms with Crippen LogP contribution in [0.25, 0.3) is 0 Å². The summed E-state index contributed by atoms with van der Waals surface area (Å²) in [5.74, 6) is 0.943. The summed E-state index contributed by atoms with van der Waals surface area (Å²) >= 11 is 0. The minimum Gasteiger partial charge on any atom is -0.477 e. The molecule has 0 saturated carbocycles. The number of nitrogen functional groups attached to an aromatic ring is 1. The SMILES string of the molecule is CCOc1nc(N2CCN(C=O)CC2)cc(N)c1C#N.COC(C)(C)C. The highest BCUT2D eigenvalue weighted by atomic mass is 16.5. The van der Waals surface area contributed by atoms with Crippen LogP contribution in [0.3, 0.4) is 0 Å². The molecule has 0 bridgehead atoms. The van der Waals surface area contributed by atoms with Gasteiger partial charge in [-0.2, -0.15) is 10.2 Å². The number of pyridine rings is 1. The molecular formula is C18H29N5O3. The summed E-state index contributed by atoms with van der Waals surface area (Å²) in [4.78, 5) is 18.8. The molecule has 1 amide bonds. The summed E-state index contributed by atoms with van der Waals surface area (Å²) in [5.41, 5.74) is 6.55. The molecule has 0 atom stereocenters. The third kappa shape index (κ3) is 6.41. The van der Waals surface area contributed by atoms with E-state index in [1.807, 2.05) is 38.7 Å². The van der Waals surface area contributed by atoms with E-state index in [1.54, 1.807) is 18.1 Å². The molecule has 0 aromatic carbocycles. The van der Waals surface area contributed by atoms with E-state index in [9.17, 15) is 4.79 Å². The Labute approximate surface area is 155 Å². The van der Waals surface area contributed by atoms with Gasteiger partial charge < -0.3 is 25.0 Å². The summed E-state index contributed by atoms with van der Waals surface area (Å²) in [6.45, 7) is 11.0. The Morgan fingerprint density at radius 1 is 1.35 bits per heavy atom. The molecule has 1 aromatic rings. The van der Waals surface area contributed by atoms with E-state index in [-0.39, 0.29) is 17.0 Å². The molecule has 1 fully saturated rings. The van der Waals surface area contributed by atoms with E-state index >= 15 is 0 Å². The van der Waals surface area contributed by atoms with Crippen LogP contribution in [0, 0.1) is 11.3 Å². The van der Waals surface area contributed by atoms with Crippen LogP contribution < -0.4 is 15.4 Å². The summed E-state index contributed by atoms with van der Waals surface area (Å²) < 4.78 is 10.3. The maximum atomic E-state index is 10.7. The van der Waals surface area contributed by atoms with Gasteiger partial charge in [-0.1, -0.05) is 0 Å². The van der Waals surface area contributed by atoms with Crippen molar-refractivity contribution in [3.63, 3.8) is 0 Å². The van der Waals surface area contributed by atoms with E-state index in [0.717, 1.165) is 6.41 Å². The topological polar surface area (TPSA) is 105 Å². The molecule has 1 saturated heterocycles. The number of hydrogen-bond acceptors (Lipinski definition) is 7. The van der Waals surface area contributed by atoms with Crippen molar-refractivity contribution in [2.75, 3.05) is 50.5 Å². The van der Waals surface area contributed by atoms with Crippen LogP contribution in [0.4, 0.5) is 11.5 Å². The first-order chi connectivity index (χ1) is 12.3. The van der Waals surface area contributed by atoms with Gasteiger partial charge >= 0.3 is 0 Å². The van der Waals surface area contributed by atoms with Gasteiger partial charge in [-0.05, 0) is 27.7 Å². The fourth-order valence-electron chi connectivity index (χ4n) is 2.10. The molecule has 2 heterocycles. The summed E-state index contributed by atoms with van der Waals surface area (Å²) in [5, 5.41) is 9.08. The van der Waals surface area contributed by atoms with Crippen molar-refractivity contribution < 1.29 is 14.3 Å². The molecule has 2 rings (SSSR count). The van der Waals surface area contributed by atoms with Crippen molar-refractivity contribution in [1.82, 2.24) is 9.88 Å². The third-order valence-electron chi connectivity index (χ3n) is 3.80. The Morgan fingerprint density at radius 3 is 2.35 bits per heavy atom. The van der Waals surface area contributed by atoms with Crippen LogP contribution in [0.5, 0.6) is 5.88 Å². The van der Waals surface area contributed by atoms with Gasteiger partial charge in [-0.15, -0.1) is 0 Å². The lowest BCUT2D eigenvalue weighted by atomic mass is 10.2. The second-order valence-corrected chi connectivity index (χ2v) is 6.74. The van der Waals surface area contributed by atoms with Crippen LogP contribution in [0.1, 0.15) is 33.3 Å². The van der Waals surface area contributed by atoms with Crippen molar-refractivity contribution in [3.8, 4) is 11.9 Å². The maximum absolute atomic E-state index is 10.7. The third-order valence-corrected chi connectivity index (χ3v) is 3.80. The Hall–Kier alpha value is -2.53. The molecular weight excluding hydrogens is 334 g/mol. The predicted octanol–water partition coefficient (Wildman–Crippen LogP) is 1.64. The molecule has 26 heavy (non-hydrogen) atoms. The Morgan fingerprint density at radius 2 is 1.92 bits per heavy atom. The number of carbonyl (C=O) groups excluding carboxylic acids is 1. The summed E-state index contributed by atoms with van der Waals surface area (Å²) in [6.07, 6.45) is 0.851. The normalized spacial score (nSPS) is 14.2. The average Bonchev–Trinajstić information content (AvgIpc) is 2.62. The zero-order valence-electron chi connectivity index (χ0n) is 16.3. The first-order valence-electron chi connectivity index (χ1n) is 8.58. The second kappa shape index (κ2) is 9.82. The standard InChI is InChI=1S/C13H17N5O2.C5H12O/c1-2-20-13-10(8-14)11(15)7-12(16-13)18-5-3-17(9-19)4-6-18;1-5(2,3)6-4/h7,9H,2-6H2,1H3,(H2,15,16);1-4H3. The molecule has 0 aliphatic carbocycles. The zero-order valence-corrected chi connectivity index (χ0v) is 16.3. The van der Waals surface area contributed by atoms with Gasteiger partial charge in [0.05, 0.1) is 17.9 Å². The lowest BCUT2D eigenvalue weighted by molar-refractivity contribution is -0.118. The zero-order chi connectivity index (χ0) is 19.7. The molecule has 1 aromatic heterocycles. The highest BCUT2D eigenvalue weighted by Gasteiger charge is 2.20. The van der Waals surface area contributed by atoms with Crippen LogP contribution in [-0.4, -0.2) is 61.8 Å². The largest absolute Gasteiger partial charge is 0.477 e. The van der Waals surface area contributed by atoms with E-state index in [2.05, 4.69) is 4.98 Å². The Bertz CT molecular complexity index is 629. The highest BCUT2D eigenvalue weighted by Crippen LogP contribution is 2.27. The van der Waals surface area contributed by atoms with Gasteiger partial charge in [0.15, 0.2) is 0 Å². The number of rotatable bonds is 4. The van der Waals surface area contributed by atoms with Gasteiger partial charge in [-0.25, -0.2) is 0 Å². The van der Waals surface area contributed by atoms with Crippen molar-refractivity contribution in [1.29, 1.82) is 5.26 Å². The maximum Gasteiger partial charge on any atom is 0.235 e. The fraction of sp³-hybridized carbons (Fsp3) is 0.611. The number of ether oxygens (including phenoxy) is 2.